The van der Waals surface area contributed by atoms with Gasteiger partial charge in [-0.05, 0) is 90.4 Å². The van der Waals surface area contributed by atoms with Gasteiger partial charge in [-0.15, -0.1) is 0 Å². The fourth-order valence-electron chi connectivity index (χ4n) is 8.34. The fourth-order valence-corrected chi connectivity index (χ4v) is 8.34. The molecule has 2 heterocycles. The minimum Gasteiger partial charge on any atom is -1.00 e. The maximum atomic E-state index is 12.4. The van der Waals surface area contributed by atoms with Crippen molar-refractivity contribution in [3.05, 3.63) is 118 Å². The van der Waals surface area contributed by atoms with Gasteiger partial charge in [0.25, 0.3) is 0 Å². The third-order valence-electron chi connectivity index (χ3n) is 10.9. The summed E-state index contributed by atoms with van der Waals surface area (Å²) < 4.78 is 2.53. The Morgan fingerprint density at radius 3 is 2.27 bits per heavy atom. The number of halogens is 1. The average Bonchev–Trinajstić information content (AvgIpc) is 3.48. The number of hydrogen-bond acceptors (Lipinski definition) is 3. The number of nitrogens with zero attached hydrogens (tertiary/aromatic N) is 5. The molecule has 6 rings (SSSR count). The van der Waals surface area contributed by atoms with Crippen LogP contribution in [0.5, 0.6) is 0 Å². The van der Waals surface area contributed by atoms with Gasteiger partial charge < -0.3 is 22.6 Å². The van der Waals surface area contributed by atoms with Crippen molar-refractivity contribution in [3.8, 4) is 0 Å². The van der Waals surface area contributed by atoms with Gasteiger partial charge in [-0.3, -0.25) is 4.79 Å². The minimum atomic E-state index is -0.188. The first-order valence-electron chi connectivity index (χ1n) is 18.8. The van der Waals surface area contributed by atoms with E-state index in [2.05, 4.69) is 150 Å². The molecule has 0 spiro atoms. The van der Waals surface area contributed by atoms with Crippen molar-refractivity contribution in [2.45, 2.75) is 90.4 Å². The van der Waals surface area contributed by atoms with Gasteiger partial charge in [0.15, 0.2) is 5.71 Å². The third-order valence-corrected chi connectivity index (χ3v) is 10.9. The number of benzene rings is 4. The van der Waals surface area contributed by atoms with E-state index in [-0.39, 0.29) is 29.1 Å². The molecule has 4 aromatic rings. The van der Waals surface area contributed by atoms with Gasteiger partial charge in [-0.1, -0.05) is 93.0 Å². The standard InChI is InChI=1S/C44H52N6O.ClH/c1-6-7-30-49-36-26-24-32-17-10-12-19-34(32)41(36)43(2,3)38(49)21-15-22-39-44(4,5)42-35-20-13-11-18-33(35)25-27-37(42)50(39)31-14-8-9-23-40(51)46-28-16-29-47-48-45;/h10-13,15,17-22,24-27H,6-9,14,16,23,28-31H2,1-5H3;1H. The second kappa shape index (κ2) is 16.8. The number of nitrogens with one attached hydrogen (secondary N) is 1. The van der Waals surface area contributed by atoms with Gasteiger partial charge >= 0.3 is 0 Å². The molecule has 2 aliphatic heterocycles. The molecule has 0 fully saturated rings. The van der Waals surface area contributed by atoms with Crippen LogP contribution in [0.15, 0.2) is 102 Å². The second-order valence-electron chi connectivity index (χ2n) is 15.0. The van der Waals surface area contributed by atoms with Gasteiger partial charge in [-0.25, -0.2) is 0 Å². The molecular formula is C44H53ClN6O. The molecule has 272 valence electrons. The summed E-state index contributed by atoms with van der Waals surface area (Å²) in [5, 5.41) is 11.7. The summed E-state index contributed by atoms with van der Waals surface area (Å²) in [4.78, 5) is 17.7. The molecule has 4 aromatic carbocycles. The molecule has 0 bridgehead atoms. The van der Waals surface area contributed by atoms with Crippen LogP contribution in [0.3, 0.4) is 0 Å². The van der Waals surface area contributed by atoms with Crippen molar-refractivity contribution >= 4 is 44.5 Å². The van der Waals surface area contributed by atoms with E-state index < -0.39 is 0 Å². The molecule has 0 aliphatic carbocycles. The van der Waals surface area contributed by atoms with E-state index in [1.807, 2.05) is 0 Å². The van der Waals surface area contributed by atoms with Crippen LogP contribution in [0.4, 0.5) is 11.4 Å². The van der Waals surface area contributed by atoms with E-state index in [0.29, 0.717) is 25.9 Å². The molecule has 0 saturated heterocycles. The van der Waals surface area contributed by atoms with Gasteiger partial charge in [-0.2, -0.15) is 4.58 Å². The highest BCUT2D eigenvalue weighted by molar-refractivity contribution is 6.07. The Morgan fingerprint density at radius 2 is 1.56 bits per heavy atom. The predicted octanol–water partition coefficient (Wildman–Crippen LogP) is 7.79. The zero-order chi connectivity index (χ0) is 36.0. The molecule has 1 amide bonds. The Bertz CT molecular complexity index is 2070. The van der Waals surface area contributed by atoms with Crippen LogP contribution in [0, 0.1) is 0 Å². The zero-order valence-corrected chi connectivity index (χ0v) is 32.2. The minimum absolute atomic E-state index is 0. The Kier molecular flexibility index (Phi) is 12.5. The van der Waals surface area contributed by atoms with Crippen molar-refractivity contribution in [1.82, 2.24) is 5.32 Å². The van der Waals surface area contributed by atoms with Crippen molar-refractivity contribution in [2.24, 2.45) is 5.11 Å². The number of amides is 1. The van der Waals surface area contributed by atoms with Crippen molar-refractivity contribution < 1.29 is 21.8 Å². The summed E-state index contributed by atoms with van der Waals surface area (Å²) >= 11 is 0. The number of anilines is 1. The maximum Gasteiger partial charge on any atom is 0.219 e. The number of allylic oxidation sites excluding steroid dienone is 4. The molecular weight excluding hydrogens is 664 g/mol. The van der Waals surface area contributed by atoms with Crippen LogP contribution < -0.4 is 22.6 Å². The molecule has 1 N–H and O–H groups in total. The first-order chi connectivity index (χ1) is 24.7. The molecule has 7 nitrogen and oxygen atoms in total. The quantitative estimate of drug-likeness (QED) is 0.0448. The lowest BCUT2D eigenvalue weighted by atomic mass is 9.79. The summed E-state index contributed by atoms with van der Waals surface area (Å²) in [6.45, 7) is 14.6. The first kappa shape index (κ1) is 38.6. The second-order valence-corrected chi connectivity index (χ2v) is 15.0. The highest BCUT2D eigenvalue weighted by atomic mass is 35.5. The average molecular weight is 717 g/mol. The van der Waals surface area contributed by atoms with E-state index in [0.717, 1.165) is 45.2 Å². The topological polar surface area (TPSA) is 84.1 Å². The molecule has 52 heavy (non-hydrogen) atoms. The van der Waals surface area contributed by atoms with Crippen molar-refractivity contribution in [3.63, 3.8) is 0 Å². The number of unbranched alkanes of at least 4 members (excludes halogenated alkanes) is 3. The monoisotopic (exact) mass is 716 g/mol. The Balaban J connectivity index is 0.00000523. The number of hydrogen-bond donors (Lipinski definition) is 1. The molecule has 0 aromatic heterocycles. The van der Waals surface area contributed by atoms with E-state index in [9.17, 15) is 4.79 Å². The van der Waals surface area contributed by atoms with E-state index in [1.165, 1.54) is 55.5 Å². The van der Waals surface area contributed by atoms with Crippen LogP contribution in [-0.2, 0) is 15.6 Å². The maximum absolute atomic E-state index is 12.4. The van der Waals surface area contributed by atoms with Gasteiger partial charge in [0.1, 0.15) is 6.54 Å². The summed E-state index contributed by atoms with van der Waals surface area (Å²) in [5.41, 5.74) is 16.2. The van der Waals surface area contributed by atoms with E-state index in [1.54, 1.807) is 0 Å². The normalized spacial score (nSPS) is 16.3. The van der Waals surface area contributed by atoms with Crippen LogP contribution in [0.1, 0.15) is 90.7 Å². The number of azide groups is 1. The summed E-state index contributed by atoms with van der Waals surface area (Å²) in [6, 6.07) is 26.7. The lowest BCUT2D eigenvalue weighted by Crippen LogP contribution is -3.00. The van der Waals surface area contributed by atoms with Crippen LogP contribution in [-0.4, -0.2) is 42.4 Å². The molecule has 0 unspecified atom stereocenters. The first-order valence-corrected chi connectivity index (χ1v) is 18.8. The zero-order valence-electron chi connectivity index (χ0n) is 31.5. The Morgan fingerprint density at radius 1 is 0.865 bits per heavy atom. The van der Waals surface area contributed by atoms with E-state index >= 15 is 0 Å². The predicted molar refractivity (Wildman–Crippen MR) is 213 cm³/mol. The molecule has 2 aliphatic rings. The Labute approximate surface area is 315 Å². The van der Waals surface area contributed by atoms with Crippen LogP contribution in [0.2, 0.25) is 0 Å². The van der Waals surface area contributed by atoms with Crippen molar-refractivity contribution in [2.75, 3.05) is 31.1 Å². The smallest absolute Gasteiger partial charge is 0.219 e. The highest BCUT2D eigenvalue weighted by Gasteiger charge is 2.45. The number of carbonyl (C=O) groups is 1. The van der Waals surface area contributed by atoms with Gasteiger partial charge in [0.05, 0.1) is 5.41 Å². The number of fused-ring (bicyclic) bond motifs is 6. The Hall–Kier alpha value is -4.58. The van der Waals surface area contributed by atoms with Crippen LogP contribution in [0.25, 0.3) is 32.0 Å². The lowest BCUT2D eigenvalue weighted by Gasteiger charge is -2.27. The van der Waals surface area contributed by atoms with Gasteiger partial charge in [0.2, 0.25) is 11.6 Å². The van der Waals surface area contributed by atoms with Gasteiger partial charge in [0, 0.05) is 71.9 Å². The van der Waals surface area contributed by atoms with Crippen molar-refractivity contribution in [1.29, 1.82) is 0 Å². The summed E-state index contributed by atoms with van der Waals surface area (Å²) in [6.07, 6.45) is 13.3. The van der Waals surface area contributed by atoms with E-state index in [4.69, 9.17) is 5.53 Å². The lowest BCUT2D eigenvalue weighted by molar-refractivity contribution is -0.438. The SMILES string of the molecule is CCCCN1/C(=C/C=C/C2=[N+](CCCCCC(=O)NCCCN=[N+]=[N-])c3ccc4ccccc4c3C2(C)C)C(C)(C)c2c1ccc1ccccc21.[Cl-]. The number of carbonyl (C=O) groups excluding carboxylic acids is 1. The number of rotatable bonds is 15. The van der Waals surface area contributed by atoms with Crippen LogP contribution >= 0.6 is 0 Å². The fraction of sp³-hybridized carbons (Fsp3) is 0.409. The molecule has 8 heteroatoms. The third kappa shape index (κ3) is 7.62. The summed E-state index contributed by atoms with van der Waals surface area (Å²) in [5.74, 6) is 0.0660. The highest BCUT2D eigenvalue weighted by Crippen LogP contribution is 2.51. The molecule has 0 atom stereocenters. The largest absolute Gasteiger partial charge is 1.00 e. The summed E-state index contributed by atoms with van der Waals surface area (Å²) in [7, 11) is 0. The molecule has 0 radical (unpaired) electrons. The molecule has 0 saturated carbocycles.